The summed E-state index contributed by atoms with van der Waals surface area (Å²) in [6, 6.07) is 3.85. The first-order valence-electron chi connectivity index (χ1n) is 6.21. The van der Waals surface area contributed by atoms with Gasteiger partial charge in [0.05, 0.1) is 6.42 Å². The van der Waals surface area contributed by atoms with Crippen molar-refractivity contribution >= 4 is 5.97 Å². The normalized spacial score (nSPS) is 13.3. The Bertz CT molecular complexity index is 371. The molecule has 0 aliphatic heterocycles. The number of aromatic nitrogens is 1. The summed E-state index contributed by atoms with van der Waals surface area (Å²) in [5, 5.41) is 12.2. The minimum atomic E-state index is -0.761. The summed E-state index contributed by atoms with van der Waals surface area (Å²) in [4.78, 5) is 14.9. The number of rotatable bonds is 6. The molecule has 1 unspecified atom stereocenters. The molecule has 1 rings (SSSR count). The standard InChI is InChI=1S/C14H22N2O2/c1-14(2,3)8-12(7-13(17)18)16-10-11-5-4-6-15-9-11/h4-6,9,12,16H,7-8,10H2,1-3H3,(H,17,18). The molecule has 0 aliphatic rings. The molecule has 1 heterocycles. The van der Waals surface area contributed by atoms with Crippen LogP contribution in [-0.2, 0) is 11.3 Å². The monoisotopic (exact) mass is 250 g/mol. The second kappa shape index (κ2) is 6.50. The second-order valence-corrected chi connectivity index (χ2v) is 5.80. The summed E-state index contributed by atoms with van der Waals surface area (Å²) >= 11 is 0. The fraction of sp³-hybridized carbons (Fsp3) is 0.571. The molecule has 0 fully saturated rings. The maximum Gasteiger partial charge on any atom is 0.304 e. The Labute approximate surface area is 108 Å². The molecule has 4 nitrogen and oxygen atoms in total. The summed E-state index contributed by atoms with van der Waals surface area (Å²) in [5.74, 6) is -0.761. The highest BCUT2D eigenvalue weighted by molar-refractivity contribution is 5.67. The Hall–Kier alpha value is -1.42. The van der Waals surface area contributed by atoms with Gasteiger partial charge in [-0.1, -0.05) is 26.8 Å². The van der Waals surface area contributed by atoms with Crippen LogP contribution < -0.4 is 5.32 Å². The lowest BCUT2D eigenvalue weighted by atomic mass is 9.87. The van der Waals surface area contributed by atoms with Gasteiger partial charge in [-0.2, -0.15) is 0 Å². The van der Waals surface area contributed by atoms with E-state index in [-0.39, 0.29) is 17.9 Å². The number of pyridine rings is 1. The first-order valence-corrected chi connectivity index (χ1v) is 6.21. The zero-order valence-corrected chi connectivity index (χ0v) is 11.3. The molecule has 0 bridgehead atoms. The van der Waals surface area contributed by atoms with Crippen LogP contribution in [0.5, 0.6) is 0 Å². The van der Waals surface area contributed by atoms with E-state index in [1.807, 2.05) is 12.1 Å². The van der Waals surface area contributed by atoms with E-state index >= 15 is 0 Å². The van der Waals surface area contributed by atoms with E-state index in [4.69, 9.17) is 5.11 Å². The fourth-order valence-electron chi connectivity index (χ4n) is 1.93. The van der Waals surface area contributed by atoms with Crippen LogP contribution in [0.1, 0.15) is 39.2 Å². The number of carbonyl (C=O) groups is 1. The highest BCUT2D eigenvalue weighted by atomic mass is 16.4. The second-order valence-electron chi connectivity index (χ2n) is 5.80. The van der Waals surface area contributed by atoms with Gasteiger partial charge < -0.3 is 10.4 Å². The van der Waals surface area contributed by atoms with E-state index in [1.54, 1.807) is 12.4 Å². The highest BCUT2D eigenvalue weighted by Gasteiger charge is 2.20. The van der Waals surface area contributed by atoms with E-state index in [0.717, 1.165) is 12.0 Å². The molecule has 0 aromatic carbocycles. The molecule has 4 heteroatoms. The van der Waals surface area contributed by atoms with Crippen LogP contribution >= 0.6 is 0 Å². The van der Waals surface area contributed by atoms with Crippen LogP contribution in [0, 0.1) is 5.41 Å². The number of hydrogen-bond donors (Lipinski definition) is 2. The van der Waals surface area contributed by atoms with Crippen molar-refractivity contribution in [3.63, 3.8) is 0 Å². The molecule has 0 spiro atoms. The Morgan fingerprint density at radius 2 is 2.22 bits per heavy atom. The van der Waals surface area contributed by atoms with Crippen molar-refractivity contribution in [2.45, 2.75) is 46.2 Å². The molecule has 1 atom stereocenters. The summed E-state index contributed by atoms with van der Waals surface area (Å²) in [5.41, 5.74) is 1.18. The van der Waals surface area contributed by atoms with E-state index in [1.165, 1.54) is 0 Å². The van der Waals surface area contributed by atoms with Crippen LogP contribution in [0.2, 0.25) is 0 Å². The third-order valence-electron chi connectivity index (χ3n) is 2.60. The zero-order valence-electron chi connectivity index (χ0n) is 11.3. The lowest BCUT2D eigenvalue weighted by molar-refractivity contribution is -0.137. The SMILES string of the molecule is CC(C)(C)CC(CC(=O)O)NCc1cccnc1. The van der Waals surface area contributed by atoms with Crippen molar-refractivity contribution in [2.24, 2.45) is 5.41 Å². The van der Waals surface area contributed by atoms with Crippen molar-refractivity contribution in [1.29, 1.82) is 0 Å². The molecule has 0 saturated carbocycles. The zero-order chi connectivity index (χ0) is 13.6. The summed E-state index contributed by atoms with van der Waals surface area (Å²) < 4.78 is 0. The molecule has 18 heavy (non-hydrogen) atoms. The molecule has 1 aromatic rings. The van der Waals surface area contributed by atoms with Gasteiger partial charge in [0.15, 0.2) is 0 Å². The average Bonchev–Trinajstić information content (AvgIpc) is 2.24. The van der Waals surface area contributed by atoms with Crippen molar-refractivity contribution in [1.82, 2.24) is 10.3 Å². The first kappa shape index (κ1) is 14.6. The number of carboxylic acids is 1. The summed E-state index contributed by atoms with van der Waals surface area (Å²) in [7, 11) is 0. The largest absolute Gasteiger partial charge is 0.481 e. The quantitative estimate of drug-likeness (QED) is 0.814. The van der Waals surface area contributed by atoms with Gasteiger partial charge in [-0.05, 0) is 23.5 Å². The van der Waals surface area contributed by atoms with Gasteiger partial charge >= 0.3 is 5.97 Å². The molecule has 100 valence electrons. The summed E-state index contributed by atoms with van der Waals surface area (Å²) in [6.07, 6.45) is 4.51. The molecule has 2 N–H and O–H groups in total. The van der Waals surface area contributed by atoms with E-state index in [2.05, 4.69) is 31.1 Å². The van der Waals surface area contributed by atoms with Crippen LogP contribution in [0.15, 0.2) is 24.5 Å². The van der Waals surface area contributed by atoms with Crippen molar-refractivity contribution in [3.05, 3.63) is 30.1 Å². The van der Waals surface area contributed by atoms with Gasteiger partial charge in [-0.15, -0.1) is 0 Å². The number of aliphatic carboxylic acids is 1. The van der Waals surface area contributed by atoms with E-state index in [0.29, 0.717) is 6.54 Å². The number of nitrogens with zero attached hydrogens (tertiary/aromatic N) is 1. The molecular formula is C14H22N2O2. The fourth-order valence-corrected chi connectivity index (χ4v) is 1.93. The molecule has 0 saturated heterocycles. The van der Waals surface area contributed by atoms with Gasteiger partial charge in [0.1, 0.15) is 0 Å². The number of hydrogen-bond acceptors (Lipinski definition) is 3. The molecule has 0 amide bonds. The highest BCUT2D eigenvalue weighted by Crippen LogP contribution is 2.22. The first-order chi connectivity index (χ1) is 8.37. The van der Waals surface area contributed by atoms with Gasteiger partial charge in [-0.25, -0.2) is 0 Å². The van der Waals surface area contributed by atoms with Crippen LogP contribution in [0.3, 0.4) is 0 Å². The maximum atomic E-state index is 10.9. The number of nitrogens with one attached hydrogen (secondary N) is 1. The Kier molecular flexibility index (Phi) is 5.28. The third-order valence-corrected chi connectivity index (χ3v) is 2.60. The number of carboxylic acid groups (broad SMARTS) is 1. The minimum absolute atomic E-state index is 0.0114. The average molecular weight is 250 g/mol. The Morgan fingerprint density at radius 1 is 1.50 bits per heavy atom. The third kappa shape index (κ3) is 6.35. The van der Waals surface area contributed by atoms with Crippen molar-refractivity contribution in [3.8, 4) is 0 Å². The van der Waals surface area contributed by atoms with Crippen molar-refractivity contribution < 1.29 is 9.90 Å². The lowest BCUT2D eigenvalue weighted by Crippen LogP contribution is -2.34. The van der Waals surface area contributed by atoms with Crippen LogP contribution in [-0.4, -0.2) is 22.1 Å². The Morgan fingerprint density at radius 3 is 2.72 bits per heavy atom. The van der Waals surface area contributed by atoms with E-state index in [9.17, 15) is 4.79 Å². The van der Waals surface area contributed by atoms with Gasteiger partial charge in [0.25, 0.3) is 0 Å². The topological polar surface area (TPSA) is 62.2 Å². The molecule has 0 radical (unpaired) electrons. The smallest absolute Gasteiger partial charge is 0.304 e. The molecule has 0 aliphatic carbocycles. The van der Waals surface area contributed by atoms with Gasteiger partial charge in [0.2, 0.25) is 0 Å². The lowest BCUT2D eigenvalue weighted by Gasteiger charge is -2.26. The van der Waals surface area contributed by atoms with Gasteiger partial charge in [0, 0.05) is 25.0 Å². The maximum absolute atomic E-state index is 10.9. The molecular weight excluding hydrogens is 228 g/mol. The van der Waals surface area contributed by atoms with Crippen molar-refractivity contribution in [2.75, 3.05) is 0 Å². The predicted molar refractivity (Wildman–Crippen MR) is 71.2 cm³/mol. The van der Waals surface area contributed by atoms with Crippen LogP contribution in [0.25, 0.3) is 0 Å². The van der Waals surface area contributed by atoms with E-state index < -0.39 is 5.97 Å². The summed E-state index contributed by atoms with van der Waals surface area (Å²) in [6.45, 7) is 7.01. The Balaban J connectivity index is 2.53. The minimum Gasteiger partial charge on any atom is -0.481 e. The molecule has 1 aromatic heterocycles. The predicted octanol–water partition coefficient (Wildman–Crippen LogP) is 2.45. The van der Waals surface area contributed by atoms with Crippen LogP contribution in [0.4, 0.5) is 0 Å². The van der Waals surface area contributed by atoms with Gasteiger partial charge in [-0.3, -0.25) is 9.78 Å².